The van der Waals surface area contributed by atoms with Gasteiger partial charge in [-0.25, -0.2) is 0 Å². The Morgan fingerprint density at radius 3 is 2.62 bits per heavy atom. The van der Waals surface area contributed by atoms with Gasteiger partial charge < -0.3 is 16.3 Å². The summed E-state index contributed by atoms with van der Waals surface area (Å²) in [6.45, 7) is 0.652. The molecule has 0 bridgehead atoms. The Balaban J connectivity index is 2.09. The van der Waals surface area contributed by atoms with E-state index in [4.69, 9.17) is 22.5 Å². The molecular formula is C16H18ClN3O. The zero-order valence-corrected chi connectivity index (χ0v) is 12.3. The average Bonchev–Trinajstić information content (AvgIpc) is 2.52. The molecule has 110 valence electrons. The average molecular weight is 304 g/mol. The fraction of sp³-hybridized carbons (Fsp3) is 0.188. The fourth-order valence-corrected chi connectivity index (χ4v) is 2.34. The van der Waals surface area contributed by atoms with Crippen molar-refractivity contribution in [3.63, 3.8) is 0 Å². The van der Waals surface area contributed by atoms with Crippen molar-refractivity contribution in [3.05, 3.63) is 70.7 Å². The van der Waals surface area contributed by atoms with Gasteiger partial charge in [0.05, 0.1) is 0 Å². The van der Waals surface area contributed by atoms with Gasteiger partial charge in [-0.05, 0) is 23.3 Å². The number of rotatable bonds is 6. The van der Waals surface area contributed by atoms with Gasteiger partial charge in [-0.2, -0.15) is 0 Å². The first-order chi connectivity index (χ1) is 10.2. The Morgan fingerprint density at radius 1 is 1.19 bits per heavy atom. The molecule has 0 radical (unpaired) electrons. The van der Waals surface area contributed by atoms with Gasteiger partial charge >= 0.3 is 0 Å². The Labute approximate surface area is 129 Å². The molecule has 2 aromatic rings. The minimum Gasteiger partial charge on any atom is -0.409 e. The number of halogens is 1. The Bertz CT molecular complexity index is 601. The molecule has 21 heavy (non-hydrogen) atoms. The van der Waals surface area contributed by atoms with Crippen LogP contribution in [0.4, 0.5) is 0 Å². The van der Waals surface area contributed by atoms with E-state index in [9.17, 15) is 0 Å². The van der Waals surface area contributed by atoms with E-state index in [2.05, 4.69) is 10.5 Å². The molecular weight excluding hydrogens is 286 g/mol. The van der Waals surface area contributed by atoms with Crippen LogP contribution in [-0.2, 0) is 6.54 Å². The number of hydrogen-bond acceptors (Lipinski definition) is 3. The standard InChI is InChI=1S/C16H18ClN3O/c17-14-8-4-5-12(9-14)11-19-15(10-16(18)20-21)13-6-2-1-3-7-13/h1-9,15,19,21H,10-11H2,(H2,18,20). The molecule has 2 rings (SSSR count). The summed E-state index contributed by atoms with van der Waals surface area (Å²) in [7, 11) is 0. The molecule has 0 aliphatic rings. The fourth-order valence-electron chi connectivity index (χ4n) is 2.13. The quantitative estimate of drug-likeness (QED) is 0.332. The minimum atomic E-state index is -0.0268. The topological polar surface area (TPSA) is 70.6 Å². The third-order valence-corrected chi connectivity index (χ3v) is 3.42. The number of nitrogens with one attached hydrogen (secondary N) is 1. The zero-order chi connectivity index (χ0) is 15.1. The lowest BCUT2D eigenvalue weighted by atomic mass is 10.0. The van der Waals surface area contributed by atoms with Crippen LogP contribution in [0.5, 0.6) is 0 Å². The number of amidine groups is 1. The maximum absolute atomic E-state index is 8.77. The molecule has 0 aliphatic carbocycles. The number of benzene rings is 2. The third-order valence-electron chi connectivity index (χ3n) is 3.19. The molecule has 1 unspecified atom stereocenters. The van der Waals surface area contributed by atoms with E-state index in [1.54, 1.807) is 0 Å². The molecule has 4 N–H and O–H groups in total. The molecule has 0 spiro atoms. The van der Waals surface area contributed by atoms with E-state index in [0.29, 0.717) is 18.0 Å². The van der Waals surface area contributed by atoms with E-state index in [1.165, 1.54) is 0 Å². The highest BCUT2D eigenvalue weighted by atomic mass is 35.5. The van der Waals surface area contributed by atoms with Gasteiger partial charge in [-0.15, -0.1) is 0 Å². The van der Waals surface area contributed by atoms with Crippen LogP contribution in [0.1, 0.15) is 23.6 Å². The molecule has 0 aromatic heterocycles. The Hall–Kier alpha value is -2.04. The van der Waals surface area contributed by atoms with Crippen LogP contribution in [0.3, 0.4) is 0 Å². The van der Waals surface area contributed by atoms with E-state index >= 15 is 0 Å². The molecule has 0 fully saturated rings. The van der Waals surface area contributed by atoms with Gasteiger partial charge in [0.1, 0.15) is 5.84 Å². The van der Waals surface area contributed by atoms with Crippen LogP contribution in [0.15, 0.2) is 59.8 Å². The van der Waals surface area contributed by atoms with Crippen LogP contribution < -0.4 is 11.1 Å². The molecule has 0 heterocycles. The van der Waals surface area contributed by atoms with E-state index < -0.39 is 0 Å². The van der Waals surface area contributed by atoms with Crippen molar-refractivity contribution in [2.75, 3.05) is 0 Å². The molecule has 0 saturated heterocycles. The first-order valence-electron chi connectivity index (χ1n) is 6.68. The summed E-state index contributed by atoms with van der Waals surface area (Å²) in [5.74, 6) is 0.197. The monoisotopic (exact) mass is 303 g/mol. The molecule has 1 atom stereocenters. The van der Waals surface area contributed by atoms with Crippen LogP contribution in [0, 0.1) is 0 Å². The molecule has 2 aromatic carbocycles. The van der Waals surface area contributed by atoms with Gasteiger partial charge in [0.25, 0.3) is 0 Å². The zero-order valence-electron chi connectivity index (χ0n) is 11.5. The Morgan fingerprint density at radius 2 is 1.95 bits per heavy atom. The van der Waals surface area contributed by atoms with Crippen LogP contribution in [0.2, 0.25) is 5.02 Å². The molecule has 0 saturated carbocycles. The lowest BCUT2D eigenvalue weighted by Gasteiger charge is -2.19. The van der Waals surface area contributed by atoms with Crippen molar-refractivity contribution in [2.24, 2.45) is 10.9 Å². The second-order valence-corrected chi connectivity index (χ2v) is 5.21. The highest BCUT2D eigenvalue weighted by molar-refractivity contribution is 6.30. The Kier molecular flexibility index (Phi) is 5.60. The van der Waals surface area contributed by atoms with Crippen molar-refractivity contribution >= 4 is 17.4 Å². The van der Waals surface area contributed by atoms with Gasteiger partial charge in [-0.3, -0.25) is 0 Å². The van der Waals surface area contributed by atoms with Crippen LogP contribution in [-0.4, -0.2) is 11.0 Å². The van der Waals surface area contributed by atoms with Crippen molar-refractivity contribution in [1.82, 2.24) is 5.32 Å². The highest BCUT2D eigenvalue weighted by Gasteiger charge is 2.13. The lowest BCUT2D eigenvalue weighted by molar-refractivity contribution is 0.315. The van der Waals surface area contributed by atoms with Gasteiger partial charge in [-0.1, -0.05) is 59.2 Å². The van der Waals surface area contributed by atoms with Gasteiger partial charge in [0.2, 0.25) is 0 Å². The lowest BCUT2D eigenvalue weighted by Crippen LogP contribution is -2.26. The van der Waals surface area contributed by atoms with Gasteiger partial charge in [0, 0.05) is 24.0 Å². The molecule has 0 aliphatic heterocycles. The van der Waals surface area contributed by atoms with E-state index in [1.807, 2.05) is 54.6 Å². The summed E-state index contributed by atoms with van der Waals surface area (Å²) in [5.41, 5.74) is 7.82. The molecule has 0 amide bonds. The number of nitrogens with two attached hydrogens (primary N) is 1. The van der Waals surface area contributed by atoms with Crippen LogP contribution in [0.25, 0.3) is 0 Å². The smallest absolute Gasteiger partial charge is 0.141 e. The van der Waals surface area contributed by atoms with Gasteiger partial charge in [0.15, 0.2) is 0 Å². The van der Waals surface area contributed by atoms with Crippen molar-refractivity contribution < 1.29 is 5.21 Å². The normalized spacial score (nSPS) is 13.1. The van der Waals surface area contributed by atoms with Crippen molar-refractivity contribution in [2.45, 2.75) is 19.0 Å². The van der Waals surface area contributed by atoms with Crippen LogP contribution >= 0.6 is 11.6 Å². The second-order valence-electron chi connectivity index (χ2n) is 4.77. The summed E-state index contributed by atoms with van der Waals surface area (Å²) in [4.78, 5) is 0. The van der Waals surface area contributed by atoms with E-state index in [-0.39, 0.29) is 11.9 Å². The summed E-state index contributed by atoms with van der Waals surface area (Å²) < 4.78 is 0. The minimum absolute atomic E-state index is 0.0268. The number of nitrogens with zero attached hydrogens (tertiary/aromatic N) is 1. The largest absolute Gasteiger partial charge is 0.409 e. The first-order valence-corrected chi connectivity index (χ1v) is 7.06. The summed E-state index contributed by atoms with van der Waals surface area (Å²) in [6, 6.07) is 17.6. The van der Waals surface area contributed by atoms with Crippen molar-refractivity contribution in [3.8, 4) is 0 Å². The predicted molar refractivity (Wildman–Crippen MR) is 85.5 cm³/mol. The van der Waals surface area contributed by atoms with E-state index in [0.717, 1.165) is 11.1 Å². The summed E-state index contributed by atoms with van der Waals surface area (Å²) in [5, 5.41) is 16.0. The maximum atomic E-state index is 8.77. The maximum Gasteiger partial charge on any atom is 0.141 e. The third kappa shape index (κ3) is 4.77. The number of oxime groups is 1. The number of hydrogen-bond donors (Lipinski definition) is 3. The summed E-state index contributed by atoms with van der Waals surface area (Å²) in [6.07, 6.45) is 0.432. The van der Waals surface area contributed by atoms with Crippen molar-refractivity contribution in [1.29, 1.82) is 0 Å². The summed E-state index contributed by atoms with van der Waals surface area (Å²) >= 11 is 5.98. The second kappa shape index (κ2) is 7.67. The predicted octanol–water partition coefficient (Wildman–Crippen LogP) is 3.31. The molecule has 5 heteroatoms. The molecule has 4 nitrogen and oxygen atoms in total. The SMILES string of the molecule is NC(CC(NCc1cccc(Cl)c1)c1ccccc1)=NO. The highest BCUT2D eigenvalue weighted by Crippen LogP contribution is 2.18. The first kappa shape index (κ1) is 15.4.